The van der Waals surface area contributed by atoms with E-state index in [4.69, 9.17) is 9.47 Å². The number of nitrogens with zero attached hydrogens (tertiary/aromatic N) is 1. The van der Waals surface area contributed by atoms with Gasteiger partial charge in [0.2, 0.25) is 5.91 Å². The number of amides is 1. The van der Waals surface area contributed by atoms with Crippen molar-refractivity contribution in [1.29, 1.82) is 0 Å². The van der Waals surface area contributed by atoms with E-state index in [0.717, 1.165) is 25.0 Å². The second-order valence-corrected chi connectivity index (χ2v) is 7.35. The first-order chi connectivity index (χ1) is 14.1. The van der Waals surface area contributed by atoms with Crippen LogP contribution >= 0.6 is 0 Å². The van der Waals surface area contributed by atoms with Crippen molar-refractivity contribution in [3.05, 3.63) is 59.7 Å². The van der Waals surface area contributed by atoms with Crippen LogP contribution in [0.3, 0.4) is 0 Å². The summed E-state index contributed by atoms with van der Waals surface area (Å²) in [7, 11) is 1.59. The number of piperidine rings is 1. The van der Waals surface area contributed by atoms with Gasteiger partial charge in [0, 0.05) is 44.3 Å². The van der Waals surface area contributed by atoms with E-state index in [1.54, 1.807) is 31.4 Å². The molecular weight excluding hydrogens is 366 g/mol. The molecule has 0 radical (unpaired) electrons. The number of ketones is 1. The van der Waals surface area contributed by atoms with Gasteiger partial charge in [-0.25, -0.2) is 0 Å². The van der Waals surface area contributed by atoms with Crippen molar-refractivity contribution in [2.45, 2.75) is 45.1 Å². The lowest BCUT2D eigenvalue weighted by molar-refractivity contribution is -0.132. The maximum Gasteiger partial charge on any atom is 0.223 e. The van der Waals surface area contributed by atoms with Crippen LogP contribution in [0.1, 0.15) is 48.5 Å². The van der Waals surface area contributed by atoms with E-state index in [-0.39, 0.29) is 30.6 Å². The predicted octanol–water partition coefficient (Wildman–Crippen LogP) is 4.29. The van der Waals surface area contributed by atoms with E-state index in [2.05, 4.69) is 19.1 Å². The molecule has 0 saturated carbocycles. The van der Waals surface area contributed by atoms with Crippen molar-refractivity contribution >= 4 is 11.7 Å². The zero-order valence-corrected chi connectivity index (χ0v) is 17.2. The van der Waals surface area contributed by atoms with Gasteiger partial charge in [0.1, 0.15) is 17.6 Å². The minimum Gasteiger partial charge on any atom is -0.497 e. The summed E-state index contributed by atoms with van der Waals surface area (Å²) in [5.74, 6) is 1.64. The van der Waals surface area contributed by atoms with Crippen LogP contribution in [-0.4, -0.2) is 42.9 Å². The fraction of sp³-hybridized carbons (Fsp3) is 0.417. The zero-order chi connectivity index (χ0) is 20.6. The summed E-state index contributed by atoms with van der Waals surface area (Å²) in [4.78, 5) is 26.7. The molecule has 0 N–H and O–H groups in total. The quantitative estimate of drug-likeness (QED) is 0.626. The molecule has 3 rings (SSSR count). The third kappa shape index (κ3) is 5.83. The highest BCUT2D eigenvalue weighted by atomic mass is 16.5. The largest absolute Gasteiger partial charge is 0.497 e. The number of likely N-dealkylation sites (tertiary alicyclic amines) is 1. The van der Waals surface area contributed by atoms with Gasteiger partial charge < -0.3 is 14.4 Å². The van der Waals surface area contributed by atoms with Crippen LogP contribution in [-0.2, 0) is 11.2 Å². The summed E-state index contributed by atoms with van der Waals surface area (Å²) in [5.41, 5.74) is 1.87. The minimum absolute atomic E-state index is 0.0185. The fourth-order valence-corrected chi connectivity index (χ4v) is 3.55. The van der Waals surface area contributed by atoms with Gasteiger partial charge in [-0.05, 0) is 48.4 Å². The molecule has 0 atom stereocenters. The zero-order valence-electron chi connectivity index (χ0n) is 17.2. The molecule has 5 nitrogen and oxygen atoms in total. The number of ether oxygens (including phenoxy) is 2. The Bertz CT molecular complexity index is 823. The molecule has 0 bridgehead atoms. The molecule has 2 aromatic carbocycles. The average Bonchev–Trinajstić information content (AvgIpc) is 2.78. The Kier molecular flexibility index (Phi) is 7.28. The Balaban J connectivity index is 1.42. The molecule has 1 aliphatic rings. The molecule has 0 aliphatic carbocycles. The highest BCUT2D eigenvalue weighted by Gasteiger charge is 2.24. The van der Waals surface area contributed by atoms with Crippen molar-refractivity contribution in [2.24, 2.45) is 0 Å². The van der Waals surface area contributed by atoms with Crippen LogP contribution in [0.2, 0.25) is 0 Å². The summed E-state index contributed by atoms with van der Waals surface area (Å²) in [5, 5.41) is 0. The lowest BCUT2D eigenvalue weighted by atomic mass is 10.0. The number of Topliss-reactive ketones (excluding diaryl/α,β-unsaturated/α-hetero) is 1. The topological polar surface area (TPSA) is 55.8 Å². The van der Waals surface area contributed by atoms with Crippen LogP contribution in [0.25, 0.3) is 0 Å². The van der Waals surface area contributed by atoms with Gasteiger partial charge in [-0.3, -0.25) is 9.59 Å². The van der Waals surface area contributed by atoms with Crippen LogP contribution in [0.4, 0.5) is 0 Å². The number of aryl methyl sites for hydroxylation is 1. The number of carbonyl (C=O) groups is 2. The van der Waals surface area contributed by atoms with E-state index < -0.39 is 0 Å². The SMILES string of the molecule is CCc1cccc(OC2CCN(C(=O)CCC(=O)c3ccc(OC)cc3)CC2)c1. The molecule has 0 spiro atoms. The fourth-order valence-electron chi connectivity index (χ4n) is 3.55. The van der Waals surface area contributed by atoms with Gasteiger partial charge in [0.05, 0.1) is 7.11 Å². The molecule has 1 saturated heterocycles. The molecule has 29 heavy (non-hydrogen) atoms. The Labute approximate surface area is 172 Å². The van der Waals surface area contributed by atoms with Crippen molar-refractivity contribution in [1.82, 2.24) is 4.90 Å². The van der Waals surface area contributed by atoms with Gasteiger partial charge in [0.25, 0.3) is 0 Å². The van der Waals surface area contributed by atoms with Gasteiger partial charge in [-0.15, -0.1) is 0 Å². The monoisotopic (exact) mass is 395 g/mol. The van der Waals surface area contributed by atoms with Gasteiger partial charge in [0.15, 0.2) is 5.78 Å². The first kappa shape index (κ1) is 20.9. The number of hydrogen-bond acceptors (Lipinski definition) is 4. The maximum absolute atomic E-state index is 12.5. The number of carbonyl (C=O) groups excluding carboxylic acids is 2. The number of benzene rings is 2. The average molecular weight is 395 g/mol. The van der Waals surface area contributed by atoms with Gasteiger partial charge >= 0.3 is 0 Å². The summed E-state index contributed by atoms with van der Waals surface area (Å²) < 4.78 is 11.2. The van der Waals surface area contributed by atoms with E-state index in [9.17, 15) is 9.59 Å². The maximum atomic E-state index is 12.5. The number of rotatable bonds is 8. The van der Waals surface area contributed by atoms with Crippen LogP contribution < -0.4 is 9.47 Å². The molecule has 0 aromatic heterocycles. The Morgan fingerprint density at radius 3 is 2.38 bits per heavy atom. The summed E-state index contributed by atoms with van der Waals surface area (Å²) in [6, 6.07) is 15.2. The van der Waals surface area contributed by atoms with Crippen LogP contribution in [0.5, 0.6) is 11.5 Å². The van der Waals surface area contributed by atoms with Crippen molar-refractivity contribution < 1.29 is 19.1 Å². The number of hydrogen-bond donors (Lipinski definition) is 0. The molecule has 1 amide bonds. The minimum atomic E-state index is -0.0185. The molecule has 1 aliphatic heterocycles. The normalized spacial score (nSPS) is 14.5. The third-order valence-corrected chi connectivity index (χ3v) is 5.38. The lowest BCUT2D eigenvalue weighted by Gasteiger charge is -2.32. The first-order valence-electron chi connectivity index (χ1n) is 10.3. The molecule has 1 heterocycles. The molecule has 1 fully saturated rings. The Morgan fingerprint density at radius 1 is 1.00 bits per heavy atom. The summed E-state index contributed by atoms with van der Waals surface area (Å²) in [6.45, 7) is 3.48. The van der Waals surface area contributed by atoms with Gasteiger partial charge in [-0.2, -0.15) is 0 Å². The first-order valence-corrected chi connectivity index (χ1v) is 10.3. The third-order valence-electron chi connectivity index (χ3n) is 5.38. The highest BCUT2D eigenvalue weighted by molar-refractivity contribution is 5.98. The van der Waals surface area contributed by atoms with E-state index in [0.29, 0.717) is 24.4 Å². The smallest absolute Gasteiger partial charge is 0.223 e. The molecule has 154 valence electrons. The van der Waals surface area contributed by atoms with Crippen molar-refractivity contribution in [3.63, 3.8) is 0 Å². The van der Waals surface area contributed by atoms with E-state index in [1.165, 1.54) is 5.56 Å². The molecule has 0 unspecified atom stereocenters. The van der Waals surface area contributed by atoms with Crippen molar-refractivity contribution in [2.75, 3.05) is 20.2 Å². The summed E-state index contributed by atoms with van der Waals surface area (Å²) >= 11 is 0. The molecule has 2 aromatic rings. The summed E-state index contributed by atoms with van der Waals surface area (Å²) in [6.07, 6.45) is 3.22. The second-order valence-electron chi connectivity index (χ2n) is 7.35. The van der Waals surface area contributed by atoms with E-state index >= 15 is 0 Å². The Hall–Kier alpha value is -2.82. The predicted molar refractivity (Wildman–Crippen MR) is 113 cm³/mol. The number of methoxy groups -OCH3 is 1. The van der Waals surface area contributed by atoms with Gasteiger partial charge in [-0.1, -0.05) is 19.1 Å². The molecular formula is C24H29NO4. The van der Waals surface area contributed by atoms with Crippen LogP contribution in [0.15, 0.2) is 48.5 Å². The standard InChI is InChI=1S/C24H29NO4/c1-3-18-5-4-6-22(17-18)29-21-13-15-25(16-14-21)24(27)12-11-23(26)19-7-9-20(28-2)10-8-19/h4-10,17,21H,3,11-16H2,1-2H3. The highest BCUT2D eigenvalue weighted by Crippen LogP contribution is 2.21. The Morgan fingerprint density at radius 2 is 1.72 bits per heavy atom. The lowest BCUT2D eigenvalue weighted by Crippen LogP contribution is -2.41. The van der Waals surface area contributed by atoms with E-state index in [1.807, 2.05) is 17.0 Å². The van der Waals surface area contributed by atoms with Crippen molar-refractivity contribution in [3.8, 4) is 11.5 Å². The second kappa shape index (κ2) is 10.1. The molecule has 5 heteroatoms. The van der Waals surface area contributed by atoms with Crippen LogP contribution in [0, 0.1) is 0 Å².